The van der Waals surface area contributed by atoms with Gasteiger partial charge >= 0.3 is 0 Å². The summed E-state index contributed by atoms with van der Waals surface area (Å²) >= 11 is 6.92. The second-order valence-corrected chi connectivity index (χ2v) is 9.57. The van der Waals surface area contributed by atoms with E-state index < -0.39 is 10.0 Å². The molecule has 1 aromatic heterocycles. The van der Waals surface area contributed by atoms with Crippen LogP contribution in [0.15, 0.2) is 32.9 Å². The standard InChI is InChI=1S/C12H11BrINO2S2/c1-7-5-9(14)3-4-10(7)15-19(16,17)11-6-12(13)18-8(11)2/h3-6,15H,1-2H3. The molecule has 3 nitrogen and oxygen atoms in total. The van der Waals surface area contributed by atoms with Gasteiger partial charge < -0.3 is 0 Å². The van der Waals surface area contributed by atoms with E-state index in [1.165, 1.54) is 11.3 Å². The quantitative estimate of drug-likeness (QED) is 0.668. The van der Waals surface area contributed by atoms with Crippen molar-refractivity contribution in [2.45, 2.75) is 18.7 Å². The van der Waals surface area contributed by atoms with Gasteiger partial charge in [-0.3, -0.25) is 4.72 Å². The zero-order valence-electron chi connectivity index (χ0n) is 10.2. The van der Waals surface area contributed by atoms with Gasteiger partial charge in [-0.1, -0.05) is 0 Å². The number of halogens is 2. The van der Waals surface area contributed by atoms with Crippen molar-refractivity contribution in [3.8, 4) is 0 Å². The zero-order chi connectivity index (χ0) is 14.2. The van der Waals surface area contributed by atoms with Gasteiger partial charge in [-0.15, -0.1) is 11.3 Å². The van der Waals surface area contributed by atoms with Gasteiger partial charge in [0.1, 0.15) is 4.90 Å². The number of hydrogen-bond donors (Lipinski definition) is 1. The Morgan fingerprint density at radius 1 is 1.26 bits per heavy atom. The number of benzene rings is 1. The highest BCUT2D eigenvalue weighted by atomic mass is 127. The molecule has 2 rings (SSSR count). The van der Waals surface area contributed by atoms with Crippen LogP contribution in [0.25, 0.3) is 0 Å². The Labute approximate surface area is 138 Å². The molecule has 0 radical (unpaired) electrons. The number of aryl methyl sites for hydroxylation is 2. The van der Waals surface area contributed by atoms with E-state index in [9.17, 15) is 8.42 Å². The Morgan fingerprint density at radius 2 is 1.95 bits per heavy atom. The lowest BCUT2D eigenvalue weighted by molar-refractivity contribution is 0.601. The lowest BCUT2D eigenvalue weighted by atomic mass is 10.2. The molecule has 0 saturated carbocycles. The Kier molecular flexibility index (Phi) is 4.59. The lowest BCUT2D eigenvalue weighted by Gasteiger charge is -2.10. The van der Waals surface area contributed by atoms with E-state index in [1.54, 1.807) is 19.1 Å². The van der Waals surface area contributed by atoms with Gasteiger partial charge in [0.2, 0.25) is 0 Å². The van der Waals surface area contributed by atoms with E-state index in [2.05, 4.69) is 43.2 Å². The van der Waals surface area contributed by atoms with Crippen molar-refractivity contribution >= 4 is 65.6 Å². The highest BCUT2D eigenvalue weighted by Crippen LogP contribution is 2.31. The summed E-state index contributed by atoms with van der Waals surface area (Å²) in [6, 6.07) is 7.23. The fourth-order valence-electron chi connectivity index (χ4n) is 1.64. The topological polar surface area (TPSA) is 46.2 Å². The second-order valence-electron chi connectivity index (χ2n) is 4.04. The molecule has 19 heavy (non-hydrogen) atoms. The number of anilines is 1. The first-order chi connectivity index (χ1) is 8.79. The van der Waals surface area contributed by atoms with E-state index in [1.807, 2.05) is 19.1 Å². The van der Waals surface area contributed by atoms with Crippen molar-refractivity contribution in [2.75, 3.05) is 4.72 Å². The van der Waals surface area contributed by atoms with Crippen molar-refractivity contribution in [3.05, 3.63) is 42.1 Å². The molecule has 2 aromatic rings. The molecule has 0 bridgehead atoms. The van der Waals surface area contributed by atoms with E-state index in [0.717, 1.165) is 17.8 Å². The van der Waals surface area contributed by atoms with Gasteiger partial charge in [0.05, 0.1) is 9.47 Å². The van der Waals surface area contributed by atoms with Gasteiger partial charge in [-0.25, -0.2) is 8.42 Å². The van der Waals surface area contributed by atoms with Gasteiger partial charge in [0.25, 0.3) is 10.0 Å². The van der Waals surface area contributed by atoms with Crippen LogP contribution < -0.4 is 4.72 Å². The first-order valence-electron chi connectivity index (χ1n) is 5.34. The summed E-state index contributed by atoms with van der Waals surface area (Å²) in [5.74, 6) is 0. The van der Waals surface area contributed by atoms with Gasteiger partial charge in [-0.05, 0) is 82.2 Å². The molecular weight excluding hydrogens is 461 g/mol. The zero-order valence-corrected chi connectivity index (χ0v) is 15.6. The van der Waals surface area contributed by atoms with Crippen molar-refractivity contribution in [1.82, 2.24) is 0 Å². The molecule has 7 heteroatoms. The minimum Gasteiger partial charge on any atom is -0.279 e. The summed E-state index contributed by atoms with van der Waals surface area (Å²) in [5.41, 5.74) is 1.52. The second kappa shape index (κ2) is 5.71. The van der Waals surface area contributed by atoms with E-state index in [0.29, 0.717) is 10.6 Å². The minimum atomic E-state index is -3.53. The summed E-state index contributed by atoms with van der Waals surface area (Å²) in [5, 5.41) is 0. The minimum absolute atomic E-state index is 0.322. The van der Waals surface area contributed by atoms with Gasteiger partial charge in [0.15, 0.2) is 0 Å². The molecule has 0 aliphatic heterocycles. The molecule has 0 atom stereocenters. The third kappa shape index (κ3) is 3.50. The maximum absolute atomic E-state index is 12.3. The Hall–Kier alpha value is -0.120. The average molecular weight is 472 g/mol. The normalized spacial score (nSPS) is 11.6. The monoisotopic (exact) mass is 471 g/mol. The lowest BCUT2D eigenvalue weighted by Crippen LogP contribution is -2.13. The maximum Gasteiger partial charge on any atom is 0.263 e. The molecule has 0 saturated heterocycles. The molecule has 0 aliphatic rings. The van der Waals surface area contributed by atoms with E-state index >= 15 is 0 Å². The molecule has 1 aromatic carbocycles. The van der Waals surface area contributed by atoms with Crippen LogP contribution in [-0.2, 0) is 10.0 Å². The van der Waals surface area contributed by atoms with Crippen molar-refractivity contribution in [1.29, 1.82) is 0 Å². The van der Waals surface area contributed by atoms with Crippen LogP contribution in [-0.4, -0.2) is 8.42 Å². The Morgan fingerprint density at radius 3 is 2.47 bits per heavy atom. The fraction of sp³-hybridized carbons (Fsp3) is 0.167. The van der Waals surface area contributed by atoms with E-state index in [4.69, 9.17) is 0 Å². The largest absolute Gasteiger partial charge is 0.279 e. The summed E-state index contributed by atoms with van der Waals surface area (Å²) in [7, 11) is -3.53. The number of nitrogens with one attached hydrogen (secondary N) is 1. The smallest absolute Gasteiger partial charge is 0.263 e. The first-order valence-corrected chi connectivity index (χ1v) is 9.51. The third-order valence-corrected chi connectivity index (χ3v) is 6.41. The highest BCUT2D eigenvalue weighted by molar-refractivity contribution is 14.1. The predicted octanol–water partition coefficient (Wildman–Crippen LogP) is 4.53. The maximum atomic E-state index is 12.3. The highest BCUT2D eigenvalue weighted by Gasteiger charge is 2.20. The Bertz CT molecular complexity index is 725. The summed E-state index contributed by atoms with van der Waals surface area (Å²) in [6.45, 7) is 3.68. The van der Waals surface area contributed by atoms with Crippen LogP contribution in [0.3, 0.4) is 0 Å². The van der Waals surface area contributed by atoms with Gasteiger partial charge in [-0.2, -0.15) is 0 Å². The van der Waals surface area contributed by atoms with Crippen LogP contribution in [0.5, 0.6) is 0 Å². The molecule has 0 amide bonds. The molecular formula is C12H11BrINO2S2. The molecule has 102 valence electrons. The molecule has 1 heterocycles. The summed E-state index contributed by atoms with van der Waals surface area (Å²) < 4.78 is 29.2. The number of thiophene rings is 1. The van der Waals surface area contributed by atoms with Crippen LogP contribution in [0.4, 0.5) is 5.69 Å². The van der Waals surface area contributed by atoms with Gasteiger partial charge in [0, 0.05) is 8.45 Å². The average Bonchev–Trinajstić information content (AvgIpc) is 2.63. The first kappa shape index (κ1) is 15.3. The van der Waals surface area contributed by atoms with E-state index in [-0.39, 0.29) is 0 Å². The molecule has 0 spiro atoms. The Balaban J connectivity index is 2.39. The number of hydrogen-bond acceptors (Lipinski definition) is 3. The van der Waals surface area contributed by atoms with Crippen LogP contribution >= 0.6 is 49.9 Å². The SMILES string of the molecule is Cc1cc(I)ccc1NS(=O)(=O)c1cc(Br)sc1C. The summed E-state index contributed by atoms with van der Waals surface area (Å²) in [6.07, 6.45) is 0. The van der Waals surface area contributed by atoms with Crippen molar-refractivity contribution in [2.24, 2.45) is 0 Å². The van der Waals surface area contributed by atoms with Crippen LogP contribution in [0, 0.1) is 17.4 Å². The molecule has 0 aliphatic carbocycles. The molecule has 1 N–H and O–H groups in total. The van der Waals surface area contributed by atoms with Crippen molar-refractivity contribution in [3.63, 3.8) is 0 Å². The number of sulfonamides is 1. The third-order valence-electron chi connectivity index (χ3n) is 2.56. The molecule has 0 unspecified atom stereocenters. The van der Waals surface area contributed by atoms with Crippen molar-refractivity contribution < 1.29 is 8.42 Å². The predicted molar refractivity (Wildman–Crippen MR) is 91.5 cm³/mol. The van der Waals surface area contributed by atoms with Crippen LogP contribution in [0.1, 0.15) is 10.4 Å². The number of rotatable bonds is 3. The fourth-order valence-corrected chi connectivity index (χ4v) is 5.83. The van der Waals surface area contributed by atoms with Crippen LogP contribution in [0.2, 0.25) is 0 Å². The summed E-state index contributed by atoms with van der Waals surface area (Å²) in [4.78, 5) is 1.09. The molecule has 0 fully saturated rings.